The Labute approximate surface area is 136 Å². The molecule has 2 rings (SSSR count). The number of piperidine rings is 1. The molecule has 0 spiro atoms. The Bertz CT molecular complexity index is 563. The van der Waals surface area contributed by atoms with Gasteiger partial charge in [0.15, 0.2) is 5.78 Å². The summed E-state index contributed by atoms with van der Waals surface area (Å²) in [5.41, 5.74) is -0.352. The lowest BCUT2D eigenvalue weighted by atomic mass is 9.89. The molecule has 130 valence electrons. The number of Topliss-reactive ketones (excluding diaryl/α,β-unsaturated/α-hetero) is 1. The highest BCUT2D eigenvalue weighted by molar-refractivity contribution is 5.89. The molecule has 1 saturated heterocycles. The fourth-order valence-corrected chi connectivity index (χ4v) is 2.70. The van der Waals surface area contributed by atoms with Crippen molar-refractivity contribution in [1.82, 2.24) is 10.1 Å². The molecule has 0 N–H and O–H groups in total. The van der Waals surface area contributed by atoms with Gasteiger partial charge in [-0.1, -0.05) is 25.9 Å². The normalized spacial score (nSPS) is 19.8. The number of aromatic nitrogens is 1. The van der Waals surface area contributed by atoms with Gasteiger partial charge in [-0.25, -0.2) is 8.78 Å². The lowest BCUT2D eigenvalue weighted by Gasteiger charge is -2.41. The zero-order chi connectivity index (χ0) is 17.5. The van der Waals surface area contributed by atoms with Crippen LogP contribution in [-0.2, 0) is 16.6 Å². The zero-order valence-corrected chi connectivity index (χ0v) is 14.6. The summed E-state index contributed by atoms with van der Waals surface area (Å²) in [6.07, 6.45) is -0.233. The van der Waals surface area contributed by atoms with Gasteiger partial charge in [0.05, 0.1) is 17.7 Å². The molecule has 0 bridgehead atoms. The molecule has 1 aromatic rings. The van der Waals surface area contributed by atoms with Gasteiger partial charge in [-0.2, -0.15) is 0 Å². The van der Waals surface area contributed by atoms with Crippen LogP contribution in [0.4, 0.5) is 8.78 Å². The number of carbonyl (C=O) groups excluding carboxylic acids is 1. The van der Waals surface area contributed by atoms with E-state index in [0.29, 0.717) is 5.69 Å². The van der Waals surface area contributed by atoms with Crippen LogP contribution in [0, 0.1) is 0 Å². The molecule has 0 atom stereocenters. The van der Waals surface area contributed by atoms with Crippen LogP contribution in [0.5, 0.6) is 0 Å². The number of likely N-dealkylation sites (tertiary alicyclic amines) is 1. The number of hydrogen-bond acceptors (Lipinski definition) is 4. The maximum atomic E-state index is 13.3. The van der Waals surface area contributed by atoms with E-state index in [1.165, 1.54) is 0 Å². The zero-order valence-electron chi connectivity index (χ0n) is 14.6. The number of hydrogen-bond donors (Lipinski definition) is 0. The van der Waals surface area contributed by atoms with Crippen LogP contribution in [0.15, 0.2) is 10.6 Å². The maximum absolute atomic E-state index is 13.3. The number of ketones is 1. The third-order valence-corrected chi connectivity index (χ3v) is 4.61. The van der Waals surface area contributed by atoms with E-state index in [1.807, 2.05) is 25.7 Å². The van der Waals surface area contributed by atoms with E-state index in [4.69, 9.17) is 4.52 Å². The summed E-state index contributed by atoms with van der Waals surface area (Å²) in [5.74, 6) is -1.91. The molecule has 1 fully saturated rings. The third kappa shape index (κ3) is 4.16. The fourth-order valence-electron chi connectivity index (χ4n) is 2.70. The summed E-state index contributed by atoms with van der Waals surface area (Å²) in [4.78, 5) is 14.5. The van der Waals surface area contributed by atoms with Crippen molar-refractivity contribution in [1.29, 1.82) is 0 Å². The van der Waals surface area contributed by atoms with Crippen molar-refractivity contribution in [2.75, 3.05) is 13.1 Å². The first kappa shape index (κ1) is 18.0. The van der Waals surface area contributed by atoms with Gasteiger partial charge in [0.2, 0.25) is 0 Å². The maximum Gasteiger partial charge on any atom is 0.250 e. The topological polar surface area (TPSA) is 46.3 Å². The molecule has 23 heavy (non-hydrogen) atoms. The first-order valence-electron chi connectivity index (χ1n) is 8.04. The Hall–Kier alpha value is -1.30. The summed E-state index contributed by atoms with van der Waals surface area (Å²) in [5, 5.41) is 3.97. The van der Waals surface area contributed by atoms with Crippen LogP contribution in [0.3, 0.4) is 0 Å². The minimum atomic E-state index is -2.61. The highest BCUT2D eigenvalue weighted by Crippen LogP contribution is 2.32. The van der Waals surface area contributed by atoms with Gasteiger partial charge in [-0.3, -0.25) is 9.69 Å². The first-order chi connectivity index (χ1) is 10.4. The molecule has 2 heterocycles. The average Bonchev–Trinajstić information content (AvgIpc) is 2.86. The van der Waals surface area contributed by atoms with Gasteiger partial charge in [0.25, 0.3) is 5.92 Å². The van der Waals surface area contributed by atoms with Crippen LogP contribution in [0.1, 0.15) is 58.9 Å². The SMILES string of the molecule is CC(C)(C)c1cc(CC(=O)C(C)(C)N2CCC(F)(F)CC2)no1. The van der Waals surface area contributed by atoms with Crippen LogP contribution in [-0.4, -0.2) is 40.4 Å². The molecule has 0 aromatic carbocycles. The van der Waals surface area contributed by atoms with Gasteiger partial charge in [-0.05, 0) is 13.8 Å². The van der Waals surface area contributed by atoms with E-state index in [-0.39, 0.29) is 43.6 Å². The van der Waals surface area contributed by atoms with Gasteiger partial charge >= 0.3 is 0 Å². The van der Waals surface area contributed by atoms with Crippen molar-refractivity contribution in [3.8, 4) is 0 Å². The molecule has 0 unspecified atom stereocenters. The Kier molecular flexibility index (Phi) is 4.68. The number of halogens is 2. The van der Waals surface area contributed by atoms with E-state index < -0.39 is 11.5 Å². The van der Waals surface area contributed by atoms with Gasteiger partial charge in [-0.15, -0.1) is 0 Å². The van der Waals surface area contributed by atoms with E-state index >= 15 is 0 Å². The van der Waals surface area contributed by atoms with Crippen molar-refractivity contribution < 1.29 is 18.1 Å². The van der Waals surface area contributed by atoms with Crippen LogP contribution in [0.25, 0.3) is 0 Å². The summed E-state index contributed by atoms with van der Waals surface area (Å²) < 4.78 is 31.9. The number of carbonyl (C=O) groups is 1. The molecule has 6 heteroatoms. The van der Waals surface area contributed by atoms with E-state index in [2.05, 4.69) is 5.16 Å². The predicted molar refractivity (Wildman–Crippen MR) is 83.7 cm³/mol. The standard InChI is InChI=1S/C17H26F2N2O2/c1-15(2,3)14-11-12(20-23-14)10-13(22)16(4,5)21-8-6-17(18,19)7-9-21/h11H,6-10H2,1-5H3. The van der Waals surface area contributed by atoms with Crippen LogP contribution in [0.2, 0.25) is 0 Å². The largest absolute Gasteiger partial charge is 0.361 e. The van der Waals surface area contributed by atoms with Crippen molar-refractivity contribution in [2.45, 2.75) is 70.8 Å². The summed E-state index contributed by atoms with van der Waals surface area (Å²) in [6, 6.07) is 1.80. The molecule has 0 saturated carbocycles. The molecule has 1 aliphatic heterocycles. The Balaban J connectivity index is 2.03. The average molecular weight is 328 g/mol. The van der Waals surface area contributed by atoms with Crippen molar-refractivity contribution >= 4 is 5.78 Å². The molecule has 0 amide bonds. The van der Waals surface area contributed by atoms with Crippen LogP contribution >= 0.6 is 0 Å². The highest BCUT2D eigenvalue weighted by Gasteiger charge is 2.42. The minimum Gasteiger partial charge on any atom is -0.361 e. The number of rotatable bonds is 4. The second-order valence-electron chi connectivity index (χ2n) is 7.93. The third-order valence-electron chi connectivity index (χ3n) is 4.61. The monoisotopic (exact) mass is 328 g/mol. The quantitative estimate of drug-likeness (QED) is 0.847. The predicted octanol–water partition coefficient (Wildman–Crippen LogP) is 3.59. The second-order valence-corrected chi connectivity index (χ2v) is 7.93. The molecular formula is C17H26F2N2O2. The van der Waals surface area contributed by atoms with E-state index in [1.54, 1.807) is 19.9 Å². The lowest BCUT2D eigenvalue weighted by Crippen LogP contribution is -2.55. The Morgan fingerprint density at radius 1 is 1.26 bits per heavy atom. The Morgan fingerprint density at radius 2 is 1.83 bits per heavy atom. The van der Waals surface area contributed by atoms with Gasteiger partial charge in [0, 0.05) is 37.4 Å². The smallest absolute Gasteiger partial charge is 0.250 e. The molecule has 1 aliphatic rings. The van der Waals surface area contributed by atoms with E-state index in [0.717, 1.165) is 5.76 Å². The highest BCUT2D eigenvalue weighted by atomic mass is 19.3. The summed E-state index contributed by atoms with van der Waals surface area (Å²) in [7, 11) is 0. The second kappa shape index (κ2) is 5.96. The molecule has 0 aliphatic carbocycles. The van der Waals surface area contributed by atoms with Crippen molar-refractivity contribution in [3.63, 3.8) is 0 Å². The number of nitrogens with zero attached hydrogens (tertiary/aromatic N) is 2. The number of alkyl halides is 2. The Morgan fingerprint density at radius 3 is 2.30 bits per heavy atom. The van der Waals surface area contributed by atoms with Gasteiger partial charge in [0.1, 0.15) is 5.76 Å². The first-order valence-corrected chi connectivity index (χ1v) is 8.04. The lowest BCUT2D eigenvalue weighted by molar-refractivity contribution is -0.134. The summed E-state index contributed by atoms with van der Waals surface area (Å²) >= 11 is 0. The van der Waals surface area contributed by atoms with Gasteiger partial charge < -0.3 is 4.52 Å². The summed E-state index contributed by atoms with van der Waals surface area (Å²) in [6.45, 7) is 10.1. The van der Waals surface area contributed by atoms with Crippen LogP contribution < -0.4 is 0 Å². The molecule has 4 nitrogen and oxygen atoms in total. The molecular weight excluding hydrogens is 302 g/mol. The fraction of sp³-hybridized carbons (Fsp3) is 0.765. The van der Waals surface area contributed by atoms with E-state index in [9.17, 15) is 13.6 Å². The molecule has 0 radical (unpaired) electrons. The minimum absolute atomic E-state index is 0.0310. The molecule has 1 aromatic heterocycles. The van der Waals surface area contributed by atoms with Crippen molar-refractivity contribution in [2.24, 2.45) is 0 Å². The van der Waals surface area contributed by atoms with Crippen molar-refractivity contribution in [3.05, 3.63) is 17.5 Å².